The summed E-state index contributed by atoms with van der Waals surface area (Å²) in [6.45, 7) is 5.01. The van der Waals surface area contributed by atoms with E-state index in [0.717, 1.165) is 0 Å². The maximum absolute atomic E-state index is 12.7. The Kier molecular flexibility index (Phi) is 6.51. The van der Waals surface area contributed by atoms with Crippen LogP contribution in [0, 0.1) is 13.8 Å². The van der Waals surface area contributed by atoms with Crippen LogP contribution in [0.4, 0.5) is 4.79 Å². The van der Waals surface area contributed by atoms with Crippen molar-refractivity contribution in [1.29, 1.82) is 0 Å². The first-order valence-corrected chi connectivity index (χ1v) is 9.50. The van der Waals surface area contributed by atoms with E-state index in [9.17, 15) is 14.4 Å². The van der Waals surface area contributed by atoms with Crippen LogP contribution < -0.4 is 10.6 Å². The highest BCUT2D eigenvalue weighted by atomic mass is 16.5. The highest BCUT2D eigenvalue weighted by Gasteiger charge is 2.34. The predicted octanol–water partition coefficient (Wildman–Crippen LogP) is 2.25. The number of ether oxygens (including phenoxy) is 2. The zero-order valence-electron chi connectivity index (χ0n) is 17.0. The second-order valence-electron chi connectivity index (χ2n) is 6.70. The van der Waals surface area contributed by atoms with E-state index in [1.165, 1.54) is 0 Å². The van der Waals surface area contributed by atoms with Crippen LogP contribution in [-0.2, 0) is 25.5 Å². The Hall–Kier alpha value is -3.62. The fourth-order valence-electron chi connectivity index (χ4n) is 3.18. The van der Waals surface area contributed by atoms with Gasteiger partial charge in [0.2, 0.25) is 0 Å². The van der Waals surface area contributed by atoms with Crippen LogP contribution in [0.5, 0.6) is 0 Å². The number of carbonyl (C=O) groups excluding carboxylic acids is 3. The fourth-order valence-corrected chi connectivity index (χ4v) is 3.18. The van der Waals surface area contributed by atoms with Gasteiger partial charge in [-0.2, -0.15) is 0 Å². The summed E-state index contributed by atoms with van der Waals surface area (Å²) >= 11 is 0. The molecule has 1 aliphatic rings. The smallest absolute Gasteiger partial charge is 0.338 e. The van der Waals surface area contributed by atoms with Gasteiger partial charge in [-0.1, -0.05) is 35.5 Å². The Balaban J connectivity index is 1.84. The van der Waals surface area contributed by atoms with Gasteiger partial charge >= 0.3 is 18.0 Å². The van der Waals surface area contributed by atoms with E-state index >= 15 is 0 Å². The summed E-state index contributed by atoms with van der Waals surface area (Å²) in [6, 6.07) is 7.78. The molecule has 0 saturated carbocycles. The Morgan fingerprint density at radius 3 is 2.53 bits per heavy atom. The minimum Gasteiger partial charge on any atom is -0.463 e. The molecule has 158 valence electrons. The first-order chi connectivity index (χ1) is 14.4. The molecule has 9 heteroatoms. The monoisotopic (exact) mass is 413 g/mol. The number of hydrogen-bond acceptors (Lipinski definition) is 7. The van der Waals surface area contributed by atoms with Gasteiger partial charge in [0, 0.05) is 5.56 Å². The van der Waals surface area contributed by atoms with Crippen molar-refractivity contribution in [3.05, 3.63) is 64.2 Å². The lowest BCUT2D eigenvalue weighted by Gasteiger charge is -2.29. The molecule has 1 aromatic heterocycles. The molecule has 0 radical (unpaired) electrons. The Bertz CT molecular complexity index is 960. The molecule has 0 bridgehead atoms. The SMILES string of the molecule is CCOC(=O)C1=C(COC(=O)Cc2c(C)noc2C)NC(=O)N[C@@H]1c1ccccc1. The molecule has 0 unspecified atom stereocenters. The number of nitrogens with one attached hydrogen (secondary N) is 2. The fraction of sp³-hybridized carbons (Fsp3) is 0.333. The third-order valence-electron chi connectivity index (χ3n) is 4.66. The molecule has 2 aromatic rings. The second kappa shape index (κ2) is 9.25. The summed E-state index contributed by atoms with van der Waals surface area (Å²) in [6.07, 6.45) is -0.0303. The summed E-state index contributed by atoms with van der Waals surface area (Å²) in [5.41, 5.74) is 2.33. The van der Waals surface area contributed by atoms with Crippen LogP contribution in [0.2, 0.25) is 0 Å². The van der Waals surface area contributed by atoms with Crippen LogP contribution in [-0.4, -0.2) is 36.3 Å². The van der Waals surface area contributed by atoms with Crippen LogP contribution in [0.25, 0.3) is 0 Å². The third-order valence-corrected chi connectivity index (χ3v) is 4.66. The van der Waals surface area contributed by atoms with Gasteiger partial charge in [-0.25, -0.2) is 9.59 Å². The van der Waals surface area contributed by atoms with Gasteiger partial charge in [0.25, 0.3) is 0 Å². The van der Waals surface area contributed by atoms with E-state index < -0.39 is 24.0 Å². The lowest BCUT2D eigenvalue weighted by atomic mass is 9.95. The Labute approximate surface area is 173 Å². The van der Waals surface area contributed by atoms with Crippen LogP contribution in [0.3, 0.4) is 0 Å². The number of urea groups is 1. The van der Waals surface area contributed by atoms with Crippen molar-refractivity contribution in [1.82, 2.24) is 15.8 Å². The van der Waals surface area contributed by atoms with Crippen molar-refractivity contribution >= 4 is 18.0 Å². The van der Waals surface area contributed by atoms with E-state index in [2.05, 4.69) is 15.8 Å². The third kappa shape index (κ3) is 4.68. The number of amides is 2. The molecule has 2 amide bonds. The number of rotatable bonds is 7. The molecule has 9 nitrogen and oxygen atoms in total. The standard InChI is InChI=1S/C21H23N3O6/c1-4-28-20(26)18-16(11-29-17(25)10-15-12(2)24-30-13(15)3)22-21(27)23-19(18)14-8-6-5-7-9-14/h5-9,19H,4,10-11H2,1-3H3,(H2,22,23,27)/t19-/m1/s1. The summed E-state index contributed by atoms with van der Waals surface area (Å²) in [7, 11) is 0. The van der Waals surface area contributed by atoms with E-state index in [0.29, 0.717) is 22.6 Å². The molecule has 2 N–H and O–H groups in total. The van der Waals surface area contributed by atoms with Crippen molar-refractivity contribution in [2.45, 2.75) is 33.2 Å². The molecule has 1 aliphatic heterocycles. The van der Waals surface area contributed by atoms with E-state index in [1.807, 2.05) is 6.07 Å². The summed E-state index contributed by atoms with van der Waals surface area (Å²) in [5, 5.41) is 9.09. The highest BCUT2D eigenvalue weighted by molar-refractivity contribution is 5.95. The molecule has 1 atom stereocenters. The zero-order chi connectivity index (χ0) is 21.7. The first kappa shape index (κ1) is 21.1. The first-order valence-electron chi connectivity index (χ1n) is 9.50. The number of hydrogen-bond donors (Lipinski definition) is 2. The molecule has 2 heterocycles. The normalized spacial score (nSPS) is 16.0. The maximum atomic E-state index is 12.7. The zero-order valence-corrected chi connectivity index (χ0v) is 17.0. The molecule has 1 aromatic carbocycles. The van der Waals surface area contributed by atoms with Gasteiger partial charge in [0.15, 0.2) is 0 Å². The van der Waals surface area contributed by atoms with E-state index in [1.54, 1.807) is 45.0 Å². The molecular formula is C21H23N3O6. The van der Waals surface area contributed by atoms with Crippen molar-refractivity contribution < 1.29 is 28.4 Å². The van der Waals surface area contributed by atoms with Crippen molar-refractivity contribution in [2.75, 3.05) is 13.2 Å². The molecule has 0 aliphatic carbocycles. The molecular weight excluding hydrogens is 390 g/mol. The average Bonchev–Trinajstić information content (AvgIpc) is 3.04. The van der Waals surface area contributed by atoms with Gasteiger partial charge < -0.3 is 24.6 Å². The highest BCUT2D eigenvalue weighted by Crippen LogP contribution is 2.28. The van der Waals surface area contributed by atoms with Gasteiger partial charge in [-0.15, -0.1) is 0 Å². The number of esters is 2. The van der Waals surface area contributed by atoms with Gasteiger partial charge in [-0.3, -0.25) is 4.79 Å². The Morgan fingerprint density at radius 1 is 1.17 bits per heavy atom. The Morgan fingerprint density at radius 2 is 1.90 bits per heavy atom. The molecule has 0 saturated heterocycles. The van der Waals surface area contributed by atoms with E-state index in [4.69, 9.17) is 14.0 Å². The summed E-state index contributed by atoms with van der Waals surface area (Å²) < 4.78 is 15.6. The minimum absolute atomic E-state index is 0.0303. The minimum atomic E-state index is -0.727. The lowest BCUT2D eigenvalue weighted by molar-refractivity contribution is -0.143. The molecule has 0 fully saturated rings. The second-order valence-corrected chi connectivity index (χ2v) is 6.70. The quantitative estimate of drug-likeness (QED) is 0.668. The average molecular weight is 413 g/mol. The van der Waals surface area contributed by atoms with Crippen molar-refractivity contribution in [2.24, 2.45) is 0 Å². The topological polar surface area (TPSA) is 120 Å². The molecule has 3 rings (SSSR count). The molecule has 30 heavy (non-hydrogen) atoms. The maximum Gasteiger partial charge on any atom is 0.338 e. The van der Waals surface area contributed by atoms with Crippen LogP contribution >= 0.6 is 0 Å². The van der Waals surface area contributed by atoms with Gasteiger partial charge in [0.1, 0.15) is 12.4 Å². The summed E-state index contributed by atoms with van der Waals surface area (Å²) in [5.74, 6) is -0.602. The largest absolute Gasteiger partial charge is 0.463 e. The number of nitrogens with zero attached hydrogens (tertiary/aromatic N) is 1. The van der Waals surface area contributed by atoms with Crippen LogP contribution in [0.1, 0.15) is 35.5 Å². The number of aromatic nitrogens is 1. The van der Waals surface area contributed by atoms with Crippen LogP contribution in [0.15, 0.2) is 46.1 Å². The van der Waals surface area contributed by atoms with Gasteiger partial charge in [-0.05, 0) is 26.3 Å². The predicted molar refractivity (Wildman–Crippen MR) is 105 cm³/mol. The molecule has 0 spiro atoms. The number of aryl methyl sites for hydroxylation is 2. The van der Waals surface area contributed by atoms with E-state index in [-0.39, 0.29) is 30.9 Å². The van der Waals surface area contributed by atoms with Gasteiger partial charge in [0.05, 0.1) is 36.0 Å². The number of benzene rings is 1. The van der Waals surface area contributed by atoms with Crippen molar-refractivity contribution in [3.8, 4) is 0 Å². The summed E-state index contributed by atoms with van der Waals surface area (Å²) in [4.78, 5) is 37.2. The number of carbonyl (C=O) groups is 3. The van der Waals surface area contributed by atoms with Crippen molar-refractivity contribution in [3.63, 3.8) is 0 Å². The lowest BCUT2D eigenvalue weighted by Crippen LogP contribution is -2.47.